The maximum absolute atomic E-state index is 13.3. The van der Waals surface area contributed by atoms with E-state index in [-0.39, 0.29) is 11.1 Å². The number of carbonyl (C=O) groups excluding carboxylic acids is 4. The highest BCUT2D eigenvalue weighted by molar-refractivity contribution is 9.15. The van der Waals surface area contributed by atoms with E-state index >= 15 is 0 Å². The van der Waals surface area contributed by atoms with Crippen molar-refractivity contribution in [1.82, 2.24) is 4.90 Å². The van der Waals surface area contributed by atoms with Gasteiger partial charge in [0.2, 0.25) is 0 Å². The van der Waals surface area contributed by atoms with Gasteiger partial charge in [-0.05, 0) is 93.6 Å². The predicted molar refractivity (Wildman–Crippen MR) is 151 cm³/mol. The highest BCUT2D eigenvalue weighted by atomic mass is 79.9. The number of hydrogen-bond donors (Lipinski definition) is 1. The number of ether oxygens (including phenoxy) is 1. The van der Waals surface area contributed by atoms with Crippen molar-refractivity contribution in [3.05, 3.63) is 58.3 Å². The van der Waals surface area contributed by atoms with Crippen molar-refractivity contribution < 1.29 is 23.9 Å². The zero-order valence-electron chi connectivity index (χ0n) is 20.0. The van der Waals surface area contributed by atoms with Crippen molar-refractivity contribution >= 4 is 93.1 Å². The van der Waals surface area contributed by atoms with Crippen molar-refractivity contribution in [1.29, 1.82) is 0 Å². The molecule has 3 amide bonds. The van der Waals surface area contributed by atoms with E-state index < -0.39 is 42.3 Å². The SMILES string of the molecule is CCc1cccc(CC)c1NC(=O)COC(=O)C(C(C)C)N1C(=O)c2c(Br)c(Br)c(Br)c(Br)c2C1=O. The van der Waals surface area contributed by atoms with E-state index in [1.807, 2.05) is 32.0 Å². The van der Waals surface area contributed by atoms with Crippen molar-refractivity contribution in [2.75, 3.05) is 11.9 Å². The van der Waals surface area contributed by atoms with Crippen LogP contribution in [0.15, 0.2) is 36.1 Å². The third-order valence-corrected chi connectivity index (χ3v) is 10.7. The van der Waals surface area contributed by atoms with Crippen LogP contribution in [-0.2, 0) is 27.2 Å². The minimum atomic E-state index is -1.21. The monoisotopic (exact) mass is 748 g/mol. The topological polar surface area (TPSA) is 92.8 Å². The van der Waals surface area contributed by atoms with Gasteiger partial charge in [-0.1, -0.05) is 45.9 Å². The number of nitrogens with one attached hydrogen (secondary N) is 1. The van der Waals surface area contributed by atoms with Crippen LogP contribution in [0.5, 0.6) is 0 Å². The molecule has 0 bridgehead atoms. The average Bonchev–Trinajstić information content (AvgIpc) is 3.10. The fraction of sp³-hybridized carbons (Fsp3) is 0.360. The van der Waals surface area contributed by atoms with E-state index in [2.05, 4.69) is 69.0 Å². The Hall–Kier alpha value is -1.56. The van der Waals surface area contributed by atoms with Crippen LogP contribution < -0.4 is 5.32 Å². The highest BCUT2D eigenvalue weighted by Gasteiger charge is 2.48. The molecule has 0 saturated heterocycles. The molecular weight excluding hydrogens is 728 g/mol. The molecule has 1 N–H and O–H groups in total. The predicted octanol–water partition coefficient (Wildman–Crippen LogP) is 6.66. The lowest BCUT2D eigenvalue weighted by atomic mass is 10.0. The van der Waals surface area contributed by atoms with Gasteiger partial charge in [0.05, 0.1) is 11.1 Å². The molecule has 36 heavy (non-hydrogen) atoms. The van der Waals surface area contributed by atoms with E-state index in [4.69, 9.17) is 4.74 Å². The molecule has 11 heteroatoms. The number of nitrogens with zero attached hydrogens (tertiary/aromatic N) is 1. The standard InChI is InChI=1S/C25H24Br4N2O5/c1-5-12-8-7-9-13(6-2)21(12)30-14(32)10-36-25(35)22(11(3)4)31-23(33)15-16(24(31)34)18(27)20(29)19(28)17(15)26/h7-9,11,22H,5-6,10H2,1-4H3,(H,30,32). The molecule has 192 valence electrons. The summed E-state index contributed by atoms with van der Waals surface area (Å²) in [6.07, 6.45) is 1.46. The number of benzene rings is 2. The molecule has 0 aliphatic carbocycles. The number of para-hydroxylation sites is 1. The second-order valence-corrected chi connectivity index (χ2v) is 11.7. The molecule has 0 saturated carbocycles. The first-order valence-electron chi connectivity index (χ1n) is 11.3. The third kappa shape index (κ3) is 5.35. The summed E-state index contributed by atoms with van der Waals surface area (Å²) >= 11 is 13.5. The lowest BCUT2D eigenvalue weighted by Crippen LogP contribution is -2.49. The number of halogens is 4. The number of carbonyl (C=O) groups is 4. The molecule has 0 aromatic heterocycles. The molecule has 1 unspecified atom stereocenters. The van der Waals surface area contributed by atoms with Gasteiger partial charge < -0.3 is 10.1 Å². The second-order valence-electron chi connectivity index (χ2n) is 8.49. The third-order valence-electron chi connectivity index (χ3n) is 5.89. The van der Waals surface area contributed by atoms with Gasteiger partial charge in [-0.15, -0.1) is 0 Å². The summed E-state index contributed by atoms with van der Waals surface area (Å²) in [5.41, 5.74) is 2.96. The molecule has 0 fully saturated rings. The van der Waals surface area contributed by atoms with E-state index in [9.17, 15) is 19.2 Å². The van der Waals surface area contributed by atoms with Gasteiger partial charge in [-0.25, -0.2) is 4.79 Å². The van der Waals surface area contributed by atoms with Gasteiger partial charge in [0.1, 0.15) is 6.04 Å². The Balaban J connectivity index is 1.82. The first-order valence-corrected chi connectivity index (χ1v) is 14.4. The second kappa shape index (κ2) is 11.9. The molecule has 1 heterocycles. The molecule has 0 radical (unpaired) electrons. The zero-order chi connectivity index (χ0) is 26.9. The lowest BCUT2D eigenvalue weighted by molar-refractivity contribution is -0.152. The van der Waals surface area contributed by atoms with Crippen LogP contribution in [-0.4, -0.2) is 41.2 Å². The normalized spacial score (nSPS) is 13.8. The molecule has 0 spiro atoms. The Labute approximate surface area is 243 Å². The Morgan fingerprint density at radius 2 is 1.36 bits per heavy atom. The Bertz CT molecular complexity index is 1190. The summed E-state index contributed by atoms with van der Waals surface area (Å²) < 4.78 is 7.21. The van der Waals surface area contributed by atoms with Gasteiger partial charge in [-0.2, -0.15) is 0 Å². The summed E-state index contributed by atoms with van der Waals surface area (Å²) in [4.78, 5) is 53.4. The molecule has 1 atom stereocenters. The maximum Gasteiger partial charge on any atom is 0.330 e. The van der Waals surface area contributed by atoms with Crippen molar-refractivity contribution in [2.24, 2.45) is 5.92 Å². The number of esters is 1. The van der Waals surface area contributed by atoms with Crippen LogP contribution in [0, 0.1) is 5.92 Å². The van der Waals surface area contributed by atoms with Gasteiger partial charge in [0.25, 0.3) is 17.7 Å². The van der Waals surface area contributed by atoms with Crippen LogP contribution in [0.4, 0.5) is 5.69 Å². The Morgan fingerprint density at radius 3 is 1.78 bits per heavy atom. The summed E-state index contributed by atoms with van der Waals surface area (Å²) in [6, 6.07) is 4.60. The number of fused-ring (bicyclic) bond motifs is 1. The Morgan fingerprint density at radius 1 is 0.889 bits per heavy atom. The van der Waals surface area contributed by atoms with Crippen molar-refractivity contribution in [3.63, 3.8) is 0 Å². The van der Waals surface area contributed by atoms with Crippen molar-refractivity contribution in [3.8, 4) is 0 Å². The van der Waals surface area contributed by atoms with Gasteiger partial charge in [0, 0.05) is 23.6 Å². The molecule has 1 aliphatic rings. The van der Waals surface area contributed by atoms with Crippen LogP contribution in [0.1, 0.15) is 59.5 Å². The quantitative estimate of drug-likeness (QED) is 0.141. The number of hydrogen-bond acceptors (Lipinski definition) is 5. The zero-order valence-corrected chi connectivity index (χ0v) is 26.4. The number of rotatable bonds is 8. The number of aryl methyl sites for hydroxylation is 2. The molecule has 1 aliphatic heterocycles. The fourth-order valence-electron chi connectivity index (χ4n) is 4.10. The summed E-state index contributed by atoms with van der Waals surface area (Å²) in [5.74, 6) is -3.04. The molecular formula is C25H24Br4N2O5. The van der Waals surface area contributed by atoms with Gasteiger partial charge >= 0.3 is 5.97 Å². The minimum absolute atomic E-state index is 0.140. The molecule has 2 aromatic rings. The first-order chi connectivity index (χ1) is 17.0. The van der Waals surface area contributed by atoms with Crippen LogP contribution in [0.3, 0.4) is 0 Å². The number of amides is 3. The smallest absolute Gasteiger partial charge is 0.330 e. The molecule has 3 rings (SSSR count). The lowest BCUT2D eigenvalue weighted by Gasteiger charge is -2.27. The summed E-state index contributed by atoms with van der Waals surface area (Å²) in [5, 5.41) is 2.85. The number of anilines is 1. The Kier molecular flexibility index (Phi) is 9.57. The van der Waals surface area contributed by atoms with Crippen molar-refractivity contribution in [2.45, 2.75) is 46.6 Å². The van der Waals surface area contributed by atoms with Crippen LogP contribution in [0.25, 0.3) is 0 Å². The largest absolute Gasteiger partial charge is 0.454 e. The van der Waals surface area contributed by atoms with E-state index in [1.54, 1.807) is 13.8 Å². The summed E-state index contributed by atoms with van der Waals surface area (Å²) in [7, 11) is 0. The molecule has 7 nitrogen and oxygen atoms in total. The average molecular weight is 752 g/mol. The first kappa shape index (κ1) is 29.0. The van der Waals surface area contributed by atoms with Gasteiger partial charge in [0.15, 0.2) is 6.61 Å². The number of imide groups is 1. The van der Waals surface area contributed by atoms with E-state index in [0.717, 1.165) is 34.6 Å². The maximum atomic E-state index is 13.3. The van der Waals surface area contributed by atoms with Crippen LogP contribution >= 0.6 is 63.7 Å². The van der Waals surface area contributed by atoms with Gasteiger partial charge in [-0.3, -0.25) is 19.3 Å². The minimum Gasteiger partial charge on any atom is -0.454 e. The van der Waals surface area contributed by atoms with E-state index in [0.29, 0.717) is 17.9 Å². The fourth-order valence-corrected chi connectivity index (χ4v) is 6.55. The highest BCUT2D eigenvalue weighted by Crippen LogP contribution is 2.46. The van der Waals surface area contributed by atoms with E-state index in [1.165, 1.54) is 0 Å². The van der Waals surface area contributed by atoms with Crippen LogP contribution in [0.2, 0.25) is 0 Å². The summed E-state index contributed by atoms with van der Waals surface area (Å²) in [6.45, 7) is 6.85. The molecule has 2 aromatic carbocycles.